The number of ether oxygens (including phenoxy) is 1. The molecule has 1 N–H and O–H groups in total. The summed E-state index contributed by atoms with van der Waals surface area (Å²) in [7, 11) is 0. The smallest absolute Gasteiger partial charge is 0.274 e. The molecule has 8 heteroatoms. The number of aromatic hydroxyl groups is 1. The number of halogens is 2. The van der Waals surface area contributed by atoms with Crippen LogP contribution >= 0.6 is 11.6 Å². The van der Waals surface area contributed by atoms with Crippen LogP contribution in [0.5, 0.6) is 5.75 Å². The van der Waals surface area contributed by atoms with E-state index in [1.54, 1.807) is 10.6 Å². The van der Waals surface area contributed by atoms with Crippen molar-refractivity contribution in [2.24, 2.45) is 0 Å². The predicted octanol–water partition coefficient (Wildman–Crippen LogP) is 2.56. The molecule has 144 valence electrons. The average Bonchev–Trinajstić information content (AvgIpc) is 3.44. The summed E-state index contributed by atoms with van der Waals surface area (Å²) in [5, 5.41) is 10.5. The SMILES string of the molecule is O=C1c2c(O)c(=O)c3c(n2CCN1Cc1ccc(F)c(Cl)c1)COCC1=CC13. The van der Waals surface area contributed by atoms with Crippen molar-refractivity contribution >= 4 is 17.5 Å². The van der Waals surface area contributed by atoms with Crippen molar-refractivity contribution in [1.82, 2.24) is 9.47 Å². The Labute approximate surface area is 164 Å². The molecule has 3 heterocycles. The van der Waals surface area contributed by atoms with Gasteiger partial charge in [0.25, 0.3) is 5.91 Å². The molecular weight excluding hydrogens is 387 g/mol. The second-order valence-electron chi connectivity index (χ2n) is 7.23. The molecule has 0 fully saturated rings. The lowest BCUT2D eigenvalue weighted by atomic mass is 10.0. The van der Waals surface area contributed by atoms with E-state index in [0.29, 0.717) is 36.5 Å². The lowest BCUT2D eigenvalue weighted by molar-refractivity contribution is 0.0673. The monoisotopic (exact) mass is 402 g/mol. The highest BCUT2D eigenvalue weighted by Gasteiger charge is 2.39. The summed E-state index contributed by atoms with van der Waals surface area (Å²) in [4.78, 5) is 27.4. The number of fused-ring (bicyclic) bond motifs is 5. The Bertz CT molecular complexity index is 1120. The van der Waals surface area contributed by atoms with E-state index in [-0.39, 0.29) is 29.8 Å². The van der Waals surface area contributed by atoms with Crippen LogP contribution in [0.2, 0.25) is 5.02 Å². The van der Waals surface area contributed by atoms with E-state index in [1.807, 2.05) is 6.08 Å². The quantitative estimate of drug-likeness (QED) is 0.784. The predicted molar refractivity (Wildman–Crippen MR) is 99.0 cm³/mol. The number of carbonyl (C=O) groups is 1. The Hall–Kier alpha value is -2.64. The molecule has 5 rings (SSSR count). The average molecular weight is 403 g/mol. The van der Waals surface area contributed by atoms with Crippen LogP contribution < -0.4 is 5.43 Å². The third kappa shape index (κ3) is 2.57. The number of allylic oxidation sites excluding steroid dienone is 1. The molecule has 1 atom stereocenters. The molecular formula is C20H16ClFN2O4. The maximum atomic E-state index is 13.4. The van der Waals surface area contributed by atoms with Crippen LogP contribution in [0.4, 0.5) is 4.39 Å². The number of aromatic nitrogens is 1. The van der Waals surface area contributed by atoms with Gasteiger partial charge in [-0.25, -0.2) is 4.39 Å². The van der Waals surface area contributed by atoms with Gasteiger partial charge < -0.3 is 19.3 Å². The summed E-state index contributed by atoms with van der Waals surface area (Å²) in [6.45, 7) is 1.71. The van der Waals surface area contributed by atoms with E-state index in [9.17, 15) is 19.1 Å². The Morgan fingerprint density at radius 2 is 2.07 bits per heavy atom. The van der Waals surface area contributed by atoms with Gasteiger partial charge in [-0.2, -0.15) is 0 Å². The van der Waals surface area contributed by atoms with Gasteiger partial charge in [0.1, 0.15) is 5.82 Å². The molecule has 1 aromatic heterocycles. The number of carbonyl (C=O) groups excluding carboxylic acids is 1. The van der Waals surface area contributed by atoms with E-state index >= 15 is 0 Å². The van der Waals surface area contributed by atoms with Crippen molar-refractivity contribution in [2.75, 3.05) is 13.2 Å². The van der Waals surface area contributed by atoms with Crippen LogP contribution in [0, 0.1) is 5.82 Å². The molecule has 1 amide bonds. The number of pyridine rings is 1. The molecule has 28 heavy (non-hydrogen) atoms. The molecule has 0 bridgehead atoms. The van der Waals surface area contributed by atoms with Crippen LogP contribution in [0.25, 0.3) is 0 Å². The van der Waals surface area contributed by atoms with Crippen LogP contribution in [-0.2, 0) is 24.4 Å². The zero-order chi connectivity index (χ0) is 19.6. The van der Waals surface area contributed by atoms with Gasteiger partial charge in [-0.3, -0.25) is 9.59 Å². The number of hydrogen-bond acceptors (Lipinski definition) is 4. The first kappa shape index (κ1) is 17.5. The third-order valence-corrected chi connectivity index (χ3v) is 5.81. The molecule has 1 unspecified atom stereocenters. The van der Waals surface area contributed by atoms with Crippen molar-refractivity contribution in [1.29, 1.82) is 0 Å². The second-order valence-corrected chi connectivity index (χ2v) is 7.63. The Morgan fingerprint density at radius 1 is 1.25 bits per heavy atom. The van der Waals surface area contributed by atoms with E-state index in [1.165, 1.54) is 17.0 Å². The van der Waals surface area contributed by atoms with Gasteiger partial charge >= 0.3 is 0 Å². The van der Waals surface area contributed by atoms with Gasteiger partial charge in [-0.15, -0.1) is 0 Å². The maximum absolute atomic E-state index is 13.4. The fourth-order valence-corrected chi connectivity index (χ4v) is 4.24. The first-order valence-electron chi connectivity index (χ1n) is 8.95. The second kappa shape index (κ2) is 6.18. The van der Waals surface area contributed by atoms with Gasteiger partial charge in [-0.1, -0.05) is 23.7 Å². The molecule has 0 radical (unpaired) electrons. The minimum absolute atomic E-state index is 0.0170. The third-order valence-electron chi connectivity index (χ3n) is 5.52. The van der Waals surface area contributed by atoms with Gasteiger partial charge in [0.2, 0.25) is 5.43 Å². The zero-order valence-electron chi connectivity index (χ0n) is 14.7. The van der Waals surface area contributed by atoms with Crippen molar-refractivity contribution in [3.05, 3.63) is 73.4 Å². The summed E-state index contributed by atoms with van der Waals surface area (Å²) in [5.41, 5.74) is 2.34. The minimum atomic E-state index is -0.527. The largest absolute Gasteiger partial charge is 0.503 e. The number of rotatable bonds is 2. The molecule has 1 aliphatic carbocycles. The van der Waals surface area contributed by atoms with Crippen LogP contribution in [0.3, 0.4) is 0 Å². The number of nitrogens with zero attached hydrogens (tertiary/aromatic N) is 2. The molecule has 2 aromatic rings. The lowest BCUT2D eigenvalue weighted by Gasteiger charge is -2.32. The fourth-order valence-electron chi connectivity index (χ4n) is 4.03. The first-order chi connectivity index (χ1) is 13.5. The van der Waals surface area contributed by atoms with E-state index in [4.69, 9.17) is 16.3 Å². The van der Waals surface area contributed by atoms with Crippen LogP contribution in [0.15, 0.2) is 34.6 Å². The lowest BCUT2D eigenvalue weighted by Crippen LogP contribution is -2.42. The molecule has 1 aromatic carbocycles. The Balaban J connectivity index is 1.53. The minimum Gasteiger partial charge on any atom is -0.503 e. The number of benzene rings is 1. The topological polar surface area (TPSA) is 71.8 Å². The summed E-state index contributed by atoms with van der Waals surface area (Å²) in [6.07, 6.45) is 1.95. The van der Waals surface area contributed by atoms with Crippen molar-refractivity contribution < 1.29 is 19.0 Å². The van der Waals surface area contributed by atoms with E-state index in [0.717, 1.165) is 5.57 Å². The van der Waals surface area contributed by atoms with Crippen molar-refractivity contribution in [2.45, 2.75) is 25.6 Å². The van der Waals surface area contributed by atoms with E-state index < -0.39 is 22.9 Å². The molecule has 0 saturated carbocycles. The molecule has 6 nitrogen and oxygen atoms in total. The number of hydrogen-bond donors (Lipinski definition) is 1. The highest BCUT2D eigenvalue weighted by molar-refractivity contribution is 6.30. The summed E-state index contributed by atoms with van der Waals surface area (Å²) >= 11 is 5.82. The molecule has 0 spiro atoms. The Kier molecular flexibility index (Phi) is 3.86. The van der Waals surface area contributed by atoms with Gasteiger partial charge in [0, 0.05) is 31.1 Å². The molecule has 3 aliphatic rings. The van der Waals surface area contributed by atoms with E-state index in [2.05, 4.69) is 0 Å². The van der Waals surface area contributed by atoms with Crippen LogP contribution in [0.1, 0.15) is 33.2 Å². The van der Waals surface area contributed by atoms with Crippen molar-refractivity contribution in [3.63, 3.8) is 0 Å². The van der Waals surface area contributed by atoms with Crippen molar-refractivity contribution in [3.8, 4) is 5.75 Å². The molecule has 0 saturated heterocycles. The van der Waals surface area contributed by atoms with Gasteiger partial charge in [0.05, 0.1) is 23.9 Å². The van der Waals surface area contributed by atoms with Gasteiger partial charge in [-0.05, 0) is 23.3 Å². The highest BCUT2D eigenvalue weighted by atomic mass is 35.5. The summed E-state index contributed by atoms with van der Waals surface area (Å²) in [6, 6.07) is 4.28. The Morgan fingerprint density at radius 3 is 2.86 bits per heavy atom. The summed E-state index contributed by atoms with van der Waals surface area (Å²) in [5.74, 6) is -1.59. The highest BCUT2D eigenvalue weighted by Crippen LogP contribution is 2.43. The normalized spacial score (nSPS) is 20.1. The maximum Gasteiger partial charge on any atom is 0.274 e. The standard InChI is InChI=1S/C20H16ClFN2O4/c21-13-5-10(1-2-14(13)22)7-23-3-4-24-15-9-28-8-11-6-12(11)16(15)18(25)19(26)17(24)20(23)27/h1-2,5-6,12,26H,3-4,7-9H2. The molecule has 2 aliphatic heterocycles. The zero-order valence-corrected chi connectivity index (χ0v) is 15.5. The fraction of sp³-hybridized carbons (Fsp3) is 0.300. The van der Waals surface area contributed by atoms with Crippen LogP contribution in [-0.4, -0.2) is 33.6 Å². The summed E-state index contributed by atoms with van der Waals surface area (Å²) < 4.78 is 20.7. The first-order valence-corrected chi connectivity index (χ1v) is 9.33. The van der Waals surface area contributed by atoms with Gasteiger partial charge in [0.15, 0.2) is 11.4 Å². The number of amides is 1.